The number of sulfonamides is 1. The van der Waals surface area contributed by atoms with E-state index in [0.717, 1.165) is 5.39 Å². The monoisotopic (exact) mass is 373 g/mol. The molecule has 0 aliphatic heterocycles. The first kappa shape index (κ1) is 18.3. The number of furan rings is 1. The summed E-state index contributed by atoms with van der Waals surface area (Å²) in [4.78, 5) is 11.3. The van der Waals surface area contributed by atoms with E-state index in [0.29, 0.717) is 11.1 Å². The second-order valence-corrected chi connectivity index (χ2v) is 8.09. The predicted octanol–water partition coefficient (Wildman–Crippen LogP) is 2.82. The molecule has 3 rings (SSSR count). The summed E-state index contributed by atoms with van der Waals surface area (Å²) in [6.45, 7) is 2.63. The highest BCUT2D eigenvalue weighted by atomic mass is 32.2. The van der Waals surface area contributed by atoms with Crippen molar-refractivity contribution in [1.29, 1.82) is 0 Å². The Labute approximate surface area is 151 Å². The first-order valence-corrected chi connectivity index (χ1v) is 9.49. The molecule has 0 saturated carbocycles. The molecule has 6 nitrogen and oxygen atoms in total. The van der Waals surface area contributed by atoms with Crippen molar-refractivity contribution in [2.75, 3.05) is 6.54 Å². The fourth-order valence-corrected chi connectivity index (χ4v) is 3.65. The quantitative estimate of drug-likeness (QED) is 0.648. The normalized spacial score (nSPS) is 14.3. The van der Waals surface area contributed by atoms with E-state index in [1.165, 1.54) is 38.1 Å². The van der Waals surface area contributed by atoms with Crippen LogP contribution in [-0.4, -0.2) is 25.9 Å². The zero-order chi connectivity index (χ0) is 18.9. The van der Waals surface area contributed by atoms with Gasteiger partial charge >= 0.3 is 0 Å². The third kappa shape index (κ3) is 3.70. The van der Waals surface area contributed by atoms with Gasteiger partial charge in [-0.2, -0.15) is 0 Å². The Bertz CT molecular complexity index is 1020. The number of aliphatic hydroxyl groups is 1. The molecule has 0 saturated heterocycles. The van der Waals surface area contributed by atoms with Gasteiger partial charge in [0.05, 0.1) is 4.90 Å². The van der Waals surface area contributed by atoms with Crippen LogP contribution in [0.2, 0.25) is 0 Å². The lowest BCUT2D eigenvalue weighted by atomic mass is 10.0. The van der Waals surface area contributed by atoms with Crippen LogP contribution >= 0.6 is 0 Å². The van der Waals surface area contributed by atoms with E-state index >= 15 is 0 Å². The van der Waals surface area contributed by atoms with E-state index < -0.39 is 15.6 Å². The molecule has 1 aromatic heterocycles. The van der Waals surface area contributed by atoms with Crippen LogP contribution in [0.1, 0.15) is 30.0 Å². The molecule has 0 aliphatic rings. The van der Waals surface area contributed by atoms with Crippen LogP contribution in [0.4, 0.5) is 0 Å². The van der Waals surface area contributed by atoms with Crippen molar-refractivity contribution in [2.45, 2.75) is 24.3 Å². The lowest BCUT2D eigenvalue weighted by Gasteiger charge is -2.21. The molecule has 0 aliphatic carbocycles. The minimum absolute atomic E-state index is 0.0166. The van der Waals surface area contributed by atoms with E-state index in [1.54, 1.807) is 12.1 Å². The number of carbonyl (C=O) groups is 1. The number of carbonyl (C=O) groups excluding carboxylic acids is 1. The first-order chi connectivity index (χ1) is 12.2. The van der Waals surface area contributed by atoms with E-state index in [1.807, 2.05) is 18.2 Å². The summed E-state index contributed by atoms with van der Waals surface area (Å²) in [7, 11) is -3.84. The molecular weight excluding hydrogens is 354 g/mol. The number of ketones is 1. The average Bonchev–Trinajstić information content (AvgIpc) is 3.05. The van der Waals surface area contributed by atoms with Crippen molar-refractivity contribution >= 4 is 26.8 Å². The van der Waals surface area contributed by atoms with Gasteiger partial charge in [-0.05, 0) is 38.1 Å². The molecule has 2 aromatic carbocycles. The summed E-state index contributed by atoms with van der Waals surface area (Å²) in [6, 6.07) is 14.6. The molecule has 3 aromatic rings. The summed E-state index contributed by atoms with van der Waals surface area (Å²) in [5, 5.41) is 11.5. The second-order valence-electron chi connectivity index (χ2n) is 6.33. The molecule has 0 radical (unpaired) electrons. The van der Waals surface area contributed by atoms with Gasteiger partial charge in [0.1, 0.15) is 16.9 Å². The first-order valence-electron chi connectivity index (χ1n) is 8.01. The highest BCUT2D eigenvalue weighted by Crippen LogP contribution is 2.27. The third-order valence-electron chi connectivity index (χ3n) is 4.13. The van der Waals surface area contributed by atoms with E-state index in [2.05, 4.69) is 4.72 Å². The standard InChI is InChI=1S/C19H19NO5S/c1-13(21)14-7-9-16(10-8-14)26(23,24)20-12-19(2,22)18-11-15-5-3-4-6-17(15)25-18/h3-11,20,22H,12H2,1-2H3. The van der Waals surface area contributed by atoms with Gasteiger partial charge in [0.2, 0.25) is 10.0 Å². The lowest BCUT2D eigenvalue weighted by Crippen LogP contribution is -2.38. The van der Waals surface area contributed by atoms with Crippen molar-refractivity contribution in [3.05, 3.63) is 65.9 Å². The van der Waals surface area contributed by atoms with Gasteiger partial charge in [0.25, 0.3) is 0 Å². The Balaban J connectivity index is 1.78. The van der Waals surface area contributed by atoms with E-state index in [9.17, 15) is 18.3 Å². The SMILES string of the molecule is CC(=O)c1ccc(S(=O)(=O)NCC(C)(O)c2cc3ccccc3o2)cc1. The van der Waals surface area contributed by atoms with Crippen LogP contribution < -0.4 is 4.72 Å². The maximum atomic E-state index is 12.4. The van der Waals surface area contributed by atoms with Crippen molar-refractivity contribution < 1.29 is 22.7 Å². The zero-order valence-electron chi connectivity index (χ0n) is 14.4. The molecule has 1 unspecified atom stereocenters. The van der Waals surface area contributed by atoms with Crippen LogP contribution in [0, 0.1) is 0 Å². The molecule has 0 fully saturated rings. The van der Waals surface area contributed by atoms with E-state index in [-0.39, 0.29) is 23.0 Å². The molecule has 0 bridgehead atoms. The summed E-state index contributed by atoms with van der Waals surface area (Å²) in [6.07, 6.45) is 0. The number of para-hydroxylation sites is 1. The molecule has 7 heteroatoms. The van der Waals surface area contributed by atoms with Gasteiger partial charge in [-0.25, -0.2) is 13.1 Å². The highest BCUT2D eigenvalue weighted by molar-refractivity contribution is 7.89. The Morgan fingerprint density at radius 1 is 1.15 bits per heavy atom. The minimum Gasteiger partial charge on any atom is -0.458 e. The Hall–Kier alpha value is -2.48. The number of rotatable bonds is 6. The predicted molar refractivity (Wildman–Crippen MR) is 97.4 cm³/mol. The van der Waals surface area contributed by atoms with Crippen LogP contribution in [-0.2, 0) is 15.6 Å². The number of hydrogen-bond donors (Lipinski definition) is 2. The van der Waals surface area contributed by atoms with Gasteiger partial charge in [0.15, 0.2) is 5.78 Å². The summed E-state index contributed by atoms with van der Waals surface area (Å²) < 4.78 is 32.9. The summed E-state index contributed by atoms with van der Waals surface area (Å²) in [5.41, 5.74) is -0.477. The molecule has 1 heterocycles. The Morgan fingerprint density at radius 2 is 1.81 bits per heavy atom. The average molecular weight is 373 g/mol. The number of Topliss-reactive ketones (excluding diaryl/α,β-unsaturated/α-hetero) is 1. The van der Waals surface area contributed by atoms with Crippen molar-refractivity contribution in [3.8, 4) is 0 Å². The maximum Gasteiger partial charge on any atom is 0.240 e. The fraction of sp³-hybridized carbons (Fsp3) is 0.211. The molecule has 0 amide bonds. The zero-order valence-corrected chi connectivity index (χ0v) is 15.2. The maximum absolute atomic E-state index is 12.4. The summed E-state index contributed by atoms with van der Waals surface area (Å²) >= 11 is 0. The van der Waals surface area contributed by atoms with Gasteiger partial charge in [-0.1, -0.05) is 30.3 Å². The molecule has 0 spiro atoms. The Kier molecular flexibility index (Phi) is 4.70. The minimum atomic E-state index is -3.84. The van der Waals surface area contributed by atoms with Gasteiger partial charge < -0.3 is 9.52 Å². The van der Waals surface area contributed by atoms with Crippen LogP contribution in [0.15, 0.2) is 63.9 Å². The molecule has 136 valence electrons. The van der Waals surface area contributed by atoms with Gasteiger partial charge in [-0.15, -0.1) is 0 Å². The van der Waals surface area contributed by atoms with Gasteiger partial charge in [0, 0.05) is 17.5 Å². The molecule has 26 heavy (non-hydrogen) atoms. The van der Waals surface area contributed by atoms with Crippen LogP contribution in [0.3, 0.4) is 0 Å². The molecule has 2 N–H and O–H groups in total. The number of nitrogens with one attached hydrogen (secondary N) is 1. The smallest absolute Gasteiger partial charge is 0.240 e. The van der Waals surface area contributed by atoms with Crippen LogP contribution in [0.25, 0.3) is 11.0 Å². The summed E-state index contributed by atoms with van der Waals surface area (Å²) in [5.74, 6) is 0.128. The largest absolute Gasteiger partial charge is 0.458 e. The fourth-order valence-electron chi connectivity index (χ4n) is 2.52. The number of hydrogen-bond acceptors (Lipinski definition) is 5. The molecule has 1 atom stereocenters. The van der Waals surface area contributed by atoms with Gasteiger partial charge in [-0.3, -0.25) is 4.79 Å². The highest BCUT2D eigenvalue weighted by Gasteiger charge is 2.30. The third-order valence-corrected chi connectivity index (χ3v) is 5.55. The number of benzene rings is 2. The number of fused-ring (bicyclic) bond motifs is 1. The topological polar surface area (TPSA) is 96.6 Å². The Morgan fingerprint density at radius 3 is 2.42 bits per heavy atom. The molecular formula is C19H19NO5S. The lowest BCUT2D eigenvalue weighted by molar-refractivity contribution is 0.0412. The second kappa shape index (κ2) is 6.68. The van der Waals surface area contributed by atoms with Crippen LogP contribution in [0.5, 0.6) is 0 Å². The van der Waals surface area contributed by atoms with Crippen molar-refractivity contribution in [1.82, 2.24) is 4.72 Å². The van der Waals surface area contributed by atoms with E-state index in [4.69, 9.17) is 4.42 Å². The van der Waals surface area contributed by atoms with Crippen molar-refractivity contribution in [3.63, 3.8) is 0 Å². The van der Waals surface area contributed by atoms with Crippen molar-refractivity contribution in [2.24, 2.45) is 0 Å².